The number of para-hydroxylation sites is 1. The van der Waals surface area contributed by atoms with Crippen LogP contribution >= 0.6 is 12.6 Å². The van der Waals surface area contributed by atoms with Gasteiger partial charge in [-0.25, -0.2) is 4.98 Å². The molecule has 0 saturated heterocycles. The molecule has 0 radical (unpaired) electrons. The first-order valence-electron chi connectivity index (χ1n) is 10.8. The number of thiol groups is 1. The number of anilines is 2. The molecule has 2 amide bonds. The van der Waals surface area contributed by atoms with E-state index in [2.05, 4.69) is 40.4 Å². The molecule has 0 spiro atoms. The Hall–Kier alpha value is -3.32. The van der Waals surface area contributed by atoms with Gasteiger partial charge in [-0.1, -0.05) is 18.2 Å². The molecule has 2 aromatic carbocycles. The lowest BCUT2D eigenvalue weighted by Crippen LogP contribution is -2.20. The van der Waals surface area contributed by atoms with Gasteiger partial charge in [0, 0.05) is 34.9 Å². The summed E-state index contributed by atoms with van der Waals surface area (Å²) in [6, 6.07) is 15.5. The van der Waals surface area contributed by atoms with E-state index in [9.17, 15) is 9.59 Å². The Balaban J connectivity index is 1.21. The maximum atomic E-state index is 12.9. The molecule has 160 valence electrons. The van der Waals surface area contributed by atoms with Crippen molar-refractivity contribution in [3.8, 4) is 11.5 Å². The average molecular weight is 444 g/mol. The molecular weight excluding hydrogens is 422 g/mol. The molecule has 2 unspecified atom stereocenters. The lowest BCUT2D eigenvalue weighted by molar-refractivity contribution is -0.118. The van der Waals surface area contributed by atoms with Crippen molar-refractivity contribution in [2.45, 2.75) is 30.1 Å². The molecule has 1 saturated carbocycles. The number of amides is 2. The maximum Gasteiger partial charge on any atom is 0.228 e. The van der Waals surface area contributed by atoms with Crippen LogP contribution in [0.2, 0.25) is 0 Å². The van der Waals surface area contributed by atoms with Gasteiger partial charge in [-0.05, 0) is 60.2 Å². The molecule has 7 heteroatoms. The highest BCUT2D eigenvalue weighted by Crippen LogP contribution is 2.62. The van der Waals surface area contributed by atoms with E-state index in [4.69, 9.17) is 4.74 Å². The zero-order valence-corrected chi connectivity index (χ0v) is 18.1. The number of carbonyl (C=O) groups excluding carboxylic acids is 2. The third-order valence-corrected chi connectivity index (χ3v) is 7.06. The number of hydrogen-bond donors (Lipinski definition) is 3. The summed E-state index contributed by atoms with van der Waals surface area (Å²) in [5, 5.41) is 5.84. The fourth-order valence-electron chi connectivity index (χ4n) is 5.07. The molecule has 1 fully saturated rings. The summed E-state index contributed by atoms with van der Waals surface area (Å²) in [5.41, 5.74) is 4.15. The number of benzene rings is 2. The fraction of sp³-hybridized carbons (Fsp3) is 0.240. The maximum absolute atomic E-state index is 12.9. The van der Waals surface area contributed by atoms with Crippen LogP contribution in [0.5, 0.6) is 11.5 Å². The Morgan fingerprint density at radius 3 is 2.91 bits per heavy atom. The first kappa shape index (κ1) is 19.4. The van der Waals surface area contributed by atoms with E-state index in [-0.39, 0.29) is 23.7 Å². The van der Waals surface area contributed by atoms with Gasteiger partial charge >= 0.3 is 0 Å². The third kappa shape index (κ3) is 3.24. The molecule has 3 aliphatic rings. The van der Waals surface area contributed by atoms with Gasteiger partial charge in [0.2, 0.25) is 11.8 Å². The average Bonchev–Trinajstić information content (AvgIpc) is 3.38. The Kier molecular flexibility index (Phi) is 4.47. The number of aromatic nitrogens is 1. The van der Waals surface area contributed by atoms with Gasteiger partial charge in [0.15, 0.2) is 0 Å². The normalized spacial score (nSPS) is 22.3. The van der Waals surface area contributed by atoms with Gasteiger partial charge in [0.05, 0.1) is 5.69 Å². The minimum absolute atomic E-state index is 0.0189. The first-order chi connectivity index (χ1) is 15.6. The van der Waals surface area contributed by atoms with Crippen LogP contribution in [-0.2, 0) is 22.4 Å². The zero-order valence-electron chi connectivity index (χ0n) is 17.2. The zero-order chi connectivity index (χ0) is 21.8. The van der Waals surface area contributed by atoms with E-state index in [1.807, 2.05) is 36.4 Å². The summed E-state index contributed by atoms with van der Waals surface area (Å²) in [6.07, 6.45) is 3.59. The molecule has 2 aliphatic carbocycles. The van der Waals surface area contributed by atoms with E-state index < -0.39 is 0 Å². The Morgan fingerprint density at radius 1 is 1.16 bits per heavy atom. The topological polar surface area (TPSA) is 80.3 Å². The summed E-state index contributed by atoms with van der Waals surface area (Å²) in [7, 11) is 0. The SMILES string of the molecule is O=C1CCc2c(Oc3ccc4c(c3)[C@@H]3C(C4)C3C(=O)Nc3ccccc3S)ccnc2N1. The summed E-state index contributed by atoms with van der Waals surface area (Å²) in [4.78, 5) is 29.6. The molecule has 2 N–H and O–H groups in total. The van der Waals surface area contributed by atoms with E-state index in [0.29, 0.717) is 30.3 Å². The third-order valence-electron chi connectivity index (χ3n) is 6.67. The molecular formula is C25H21N3O3S. The van der Waals surface area contributed by atoms with Crippen molar-refractivity contribution in [1.82, 2.24) is 4.98 Å². The number of pyridine rings is 1. The second-order valence-corrected chi connectivity index (χ2v) is 9.05. The van der Waals surface area contributed by atoms with Gasteiger partial charge in [-0.15, -0.1) is 12.6 Å². The van der Waals surface area contributed by atoms with Gasteiger partial charge in [0.25, 0.3) is 0 Å². The van der Waals surface area contributed by atoms with Crippen LogP contribution in [-0.4, -0.2) is 16.8 Å². The Morgan fingerprint density at radius 2 is 2.03 bits per heavy atom. The number of ether oxygens (including phenoxy) is 1. The van der Waals surface area contributed by atoms with Gasteiger partial charge in [0.1, 0.15) is 17.3 Å². The van der Waals surface area contributed by atoms with Gasteiger partial charge in [-0.2, -0.15) is 0 Å². The van der Waals surface area contributed by atoms with E-state index in [1.165, 1.54) is 11.1 Å². The Labute approximate surface area is 190 Å². The predicted octanol–water partition coefficient (Wildman–Crippen LogP) is 4.57. The van der Waals surface area contributed by atoms with E-state index in [1.54, 1.807) is 6.20 Å². The summed E-state index contributed by atoms with van der Waals surface area (Å²) < 4.78 is 6.21. The van der Waals surface area contributed by atoms with Crippen LogP contribution in [0.3, 0.4) is 0 Å². The molecule has 32 heavy (non-hydrogen) atoms. The first-order valence-corrected chi connectivity index (χ1v) is 11.2. The minimum Gasteiger partial charge on any atom is -0.457 e. The van der Waals surface area contributed by atoms with Gasteiger partial charge < -0.3 is 15.4 Å². The molecule has 1 aromatic heterocycles. The van der Waals surface area contributed by atoms with Crippen LogP contribution in [0.15, 0.2) is 59.6 Å². The van der Waals surface area contributed by atoms with Crippen molar-refractivity contribution >= 4 is 35.9 Å². The van der Waals surface area contributed by atoms with Crippen LogP contribution in [0.1, 0.15) is 29.0 Å². The highest BCUT2D eigenvalue weighted by atomic mass is 32.1. The quantitative estimate of drug-likeness (QED) is 0.516. The highest BCUT2D eigenvalue weighted by molar-refractivity contribution is 7.80. The lowest BCUT2D eigenvalue weighted by atomic mass is 10.0. The molecule has 3 aromatic rings. The molecule has 6 nitrogen and oxygen atoms in total. The molecule has 2 heterocycles. The number of nitrogens with zero attached hydrogens (tertiary/aromatic N) is 1. The van der Waals surface area contributed by atoms with Crippen molar-refractivity contribution in [2.75, 3.05) is 10.6 Å². The predicted molar refractivity (Wildman–Crippen MR) is 123 cm³/mol. The summed E-state index contributed by atoms with van der Waals surface area (Å²) in [6.45, 7) is 0. The summed E-state index contributed by atoms with van der Waals surface area (Å²) >= 11 is 4.43. The van der Waals surface area contributed by atoms with Crippen molar-refractivity contribution in [3.05, 3.63) is 71.4 Å². The lowest BCUT2D eigenvalue weighted by Gasteiger charge is -2.19. The Bertz CT molecular complexity index is 1280. The smallest absolute Gasteiger partial charge is 0.228 e. The number of carbonyl (C=O) groups is 2. The van der Waals surface area contributed by atoms with E-state index in [0.717, 1.165) is 28.3 Å². The van der Waals surface area contributed by atoms with Crippen LogP contribution in [0, 0.1) is 11.8 Å². The number of rotatable bonds is 4. The second kappa shape index (κ2) is 7.38. The molecule has 3 atom stereocenters. The monoisotopic (exact) mass is 443 g/mol. The fourth-order valence-corrected chi connectivity index (χ4v) is 5.29. The number of hydrogen-bond acceptors (Lipinski definition) is 5. The van der Waals surface area contributed by atoms with Crippen LogP contribution in [0.25, 0.3) is 0 Å². The van der Waals surface area contributed by atoms with Gasteiger partial charge in [-0.3, -0.25) is 9.59 Å². The summed E-state index contributed by atoms with van der Waals surface area (Å²) in [5.74, 6) is 2.60. The van der Waals surface area contributed by atoms with E-state index >= 15 is 0 Å². The van der Waals surface area contributed by atoms with Crippen LogP contribution < -0.4 is 15.4 Å². The largest absolute Gasteiger partial charge is 0.457 e. The van der Waals surface area contributed by atoms with Crippen molar-refractivity contribution in [2.24, 2.45) is 11.8 Å². The molecule has 0 bridgehead atoms. The number of nitrogens with one attached hydrogen (secondary N) is 2. The van der Waals surface area contributed by atoms with Crippen molar-refractivity contribution in [3.63, 3.8) is 0 Å². The minimum atomic E-state index is -0.0238. The van der Waals surface area contributed by atoms with Crippen molar-refractivity contribution < 1.29 is 14.3 Å². The van der Waals surface area contributed by atoms with Crippen LogP contribution in [0.4, 0.5) is 11.5 Å². The second-order valence-electron chi connectivity index (χ2n) is 8.57. The number of fused-ring (bicyclic) bond motifs is 4. The van der Waals surface area contributed by atoms with Crippen molar-refractivity contribution in [1.29, 1.82) is 0 Å². The molecule has 1 aliphatic heterocycles. The standard InChI is InChI=1S/C25H21N3O3S/c29-21-8-7-15-19(9-10-26-24(15)28-21)31-14-6-5-13-11-17-22(16(13)12-14)23(17)25(30)27-18-3-1-2-4-20(18)32/h1-6,9-10,12,17,22-23,32H,7-8,11H2,(H,27,30)(H,26,28,29)/t17?,22-,23?/m1/s1. The molecule has 6 rings (SSSR count). The highest BCUT2D eigenvalue weighted by Gasteiger charge is 2.59.